The second-order valence-corrected chi connectivity index (χ2v) is 5.20. The molecular weight excluding hydrogens is 336 g/mol. The highest BCUT2D eigenvalue weighted by Gasteiger charge is 2.07. The van der Waals surface area contributed by atoms with Crippen LogP contribution in [0.4, 0.5) is 4.79 Å². The lowest BCUT2D eigenvalue weighted by molar-refractivity contribution is 0.0915. The Bertz CT molecular complexity index is 747. The van der Waals surface area contributed by atoms with Gasteiger partial charge >= 0.3 is 6.09 Å². The number of amides is 2. The Labute approximate surface area is 151 Å². The molecule has 7 heteroatoms. The standard InChI is InChI=1S/C19H20N2O5/c22-17-10-6-9-16(13-17)18(23)20-21-19(24)26-12-5-4-11-25-14-15-7-2-1-3-8-15/h1-10,13,22H,11-12,14H2,(H,20,23)(H,21,24)/b5-4+. The third-order valence-electron chi connectivity index (χ3n) is 3.19. The van der Waals surface area contributed by atoms with Crippen LogP contribution in [0, 0.1) is 0 Å². The molecule has 136 valence electrons. The Morgan fingerprint density at radius 1 is 0.962 bits per heavy atom. The molecule has 7 nitrogen and oxygen atoms in total. The van der Waals surface area contributed by atoms with Crippen molar-refractivity contribution in [2.24, 2.45) is 0 Å². The van der Waals surface area contributed by atoms with Crippen LogP contribution in [0.15, 0.2) is 66.7 Å². The van der Waals surface area contributed by atoms with Gasteiger partial charge in [0.15, 0.2) is 0 Å². The van der Waals surface area contributed by atoms with Gasteiger partial charge in [-0.15, -0.1) is 0 Å². The number of phenolic OH excluding ortho intramolecular Hbond substituents is 1. The summed E-state index contributed by atoms with van der Waals surface area (Å²) in [5.74, 6) is -0.609. The van der Waals surface area contributed by atoms with Gasteiger partial charge < -0.3 is 14.6 Å². The van der Waals surface area contributed by atoms with Gasteiger partial charge in [0.2, 0.25) is 0 Å². The lowest BCUT2D eigenvalue weighted by atomic mass is 10.2. The summed E-state index contributed by atoms with van der Waals surface area (Å²) in [4.78, 5) is 23.2. The van der Waals surface area contributed by atoms with Crippen LogP contribution in [-0.4, -0.2) is 30.3 Å². The summed E-state index contributed by atoms with van der Waals surface area (Å²) in [6.45, 7) is 0.949. The van der Waals surface area contributed by atoms with Crippen LogP contribution in [0.3, 0.4) is 0 Å². The summed E-state index contributed by atoms with van der Waals surface area (Å²) in [6, 6.07) is 15.5. The molecule has 2 rings (SSSR count). The van der Waals surface area contributed by atoms with E-state index in [4.69, 9.17) is 9.47 Å². The van der Waals surface area contributed by atoms with Gasteiger partial charge in [-0.2, -0.15) is 0 Å². The van der Waals surface area contributed by atoms with E-state index in [1.807, 2.05) is 30.3 Å². The maximum atomic E-state index is 11.7. The third kappa shape index (κ3) is 7.06. The number of ether oxygens (including phenoxy) is 2. The molecule has 2 amide bonds. The molecule has 0 spiro atoms. The second kappa shape index (κ2) is 10.5. The monoisotopic (exact) mass is 356 g/mol. The van der Waals surface area contributed by atoms with E-state index in [1.165, 1.54) is 24.3 Å². The first-order valence-corrected chi connectivity index (χ1v) is 7.94. The SMILES string of the molecule is O=C(NNC(=O)c1cccc(O)c1)OC/C=C/COCc1ccccc1. The number of aromatic hydroxyl groups is 1. The average Bonchev–Trinajstić information content (AvgIpc) is 2.66. The van der Waals surface area contributed by atoms with E-state index in [0.717, 1.165) is 5.56 Å². The number of rotatable bonds is 7. The van der Waals surface area contributed by atoms with E-state index in [1.54, 1.807) is 12.2 Å². The van der Waals surface area contributed by atoms with Crippen molar-refractivity contribution < 1.29 is 24.2 Å². The van der Waals surface area contributed by atoms with Crippen molar-refractivity contribution in [3.05, 3.63) is 77.9 Å². The van der Waals surface area contributed by atoms with Crippen LogP contribution in [0.5, 0.6) is 5.75 Å². The van der Waals surface area contributed by atoms with Crippen LogP contribution >= 0.6 is 0 Å². The summed E-state index contributed by atoms with van der Waals surface area (Å²) < 4.78 is 10.3. The van der Waals surface area contributed by atoms with Crippen molar-refractivity contribution in [2.75, 3.05) is 13.2 Å². The number of carbonyl (C=O) groups excluding carboxylic acids is 2. The molecule has 0 aliphatic rings. The molecule has 0 saturated heterocycles. The largest absolute Gasteiger partial charge is 0.508 e. The first kappa shape index (κ1) is 19.0. The van der Waals surface area contributed by atoms with E-state index >= 15 is 0 Å². The van der Waals surface area contributed by atoms with Crippen molar-refractivity contribution >= 4 is 12.0 Å². The number of carbonyl (C=O) groups is 2. The number of hydrazine groups is 1. The molecule has 0 aliphatic carbocycles. The van der Waals surface area contributed by atoms with Gasteiger partial charge in [-0.3, -0.25) is 10.2 Å². The number of phenols is 1. The van der Waals surface area contributed by atoms with E-state index in [0.29, 0.717) is 13.2 Å². The van der Waals surface area contributed by atoms with Gasteiger partial charge in [0, 0.05) is 5.56 Å². The summed E-state index contributed by atoms with van der Waals surface area (Å²) in [7, 11) is 0. The van der Waals surface area contributed by atoms with Crippen LogP contribution < -0.4 is 10.9 Å². The lowest BCUT2D eigenvalue weighted by Crippen LogP contribution is -2.41. The Hall–Kier alpha value is -3.32. The topological polar surface area (TPSA) is 96.9 Å². The highest BCUT2D eigenvalue weighted by atomic mass is 16.6. The molecule has 0 fully saturated rings. The van der Waals surface area contributed by atoms with Crippen molar-refractivity contribution in [1.82, 2.24) is 10.9 Å². The fourth-order valence-electron chi connectivity index (χ4n) is 1.94. The van der Waals surface area contributed by atoms with Crippen LogP contribution in [0.2, 0.25) is 0 Å². The predicted octanol–water partition coefficient (Wildman–Crippen LogP) is 2.54. The number of nitrogens with one attached hydrogen (secondary N) is 2. The van der Waals surface area contributed by atoms with Crippen LogP contribution in [0.1, 0.15) is 15.9 Å². The van der Waals surface area contributed by atoms with Crippen molar-refractivity contribution in [3.63, 3.8) is 0 Å². The molecule has 0 bridgehead atoms. The minimum absolute atomic E-state index is 0.0418. The molecule has 0 aromatic heterocycles. The molecule has 0 unspecified atom stereocenters. The minimum Gasteiger partial charge on any atom is -0.508 e. The Balaban J connectivity index is 1.56. The summed E-state index contributed by atoms with van der Waals surface area (Å²) in [6.07, 6.45) is 2.58. The lowest BCUT2D eigenvalue weighted by Gasteiger charge is -2.07. The zero-order chi connectivity index (χ0) is 18.6. The van der Waals surface area contributed by atoms with Crippen molar-refractivity contribution in [1.29, 1.82) is 0 Å². The van der Waals surface area contributed by atoms with Crippen LogP contribution in [0.25, 0.3) is 0 Å². The quantitative estimate of drug-likeness (QED) is 0.402. The smallest absolute Gasteiger partial charge is 0.426 e. The van der Waals surface area contributed by atoms with Gasteiger partial charge in [0.25, 0.3) is 5.91 Å². The maximum Gasteiger partial charge on any atom is 0.426 e. The molecular formula is C19H20N2O5. The van der Waals surface area contributed by atoms with Crippen molar-refractivity contribution in [3.8, 4) is 5.75 Å². The van der Waals surface area contributed by atoms with Crippen molar-refractivity contribution in [2.45, 2.75) is 6.61 Å². The summed E-state index contributed by atoms with van der Waals surface area (Å²) in [5.41, 5.74) is 5.59. The van der Waals surface area contributed by atoms with E-state index < -0.39 is 12.0 Å². The summed E-state index contributed by atoms with van der Waals surface area (Å²) in [5, 5.41) is 9.30. The number of hydrogen-bond acceptors (Lipinski definition) is 5. The molecule has 0 atom stereocenters. The molecule has 0 radical (unpaired) electrons. The number of hydrogen-bond donors (Lipinski definition) is 3. The predicted molar refractivity (Wildman–Crippen MR) is 95.3 cm³/mol. The van der Waals surface area contributed by atoms with E-state index in [9.17, 15) is 14.7 Å². The number of benzene rings is 2. The molecule has 26 heavy (non-hydrogen) atoms. The zero-order valence-corrected chi connectivity index (χ0v) is 14.1. The van der Waals surface area contributed by atoms with E-state index in [2.05, 4.69) is 10.9 Å². The van der Waals surface area contributed by atoms with E-state index in [-0.39, 0.29) is 17.9 Å². The van der Waals surface area contributed by atoms with Gasteiger partial charge in [-0.25, -0.2) is 10.2 Å². The first-order valence-electron chi connectivity index (χ1n) is 7.94. The Morgan fingerprint density at radius 2 is 1.73 bits per heavy atom. The first-order chi connectivity index (χ1) is 12.6. The highest BCUT2D eigenvalue weighted by molar-refractivity contribution is 5.95. The molecule has 0 aliphatic heterocycles. The zero-order valence-electron chi connectivity index (χ0n) is 14.1. The van der Waals surface area contributed by atoms with Gasteiger partial charge in [-0.05, 0) is 29.8 Å². The molecule has 2 aromatic rings. The highest BCUT2D eigenvalue weighted by Crippen LogP contribution is 2.10. The fourth-order valence-corrected chi connectivity index (χ4v) is 1.94. The molecule has 2 aromatic carbocycles. The average molecular weight is 356 g/mol. The maximum absolute atomic E-state index is 11.7. The van der Waals surface area contributed by atoms with Crippen LogP contribution in [-0.2, 0) is 16.1 Å². The minimum atomic E-state index is -0.798. The van der Waals surface area contributed by atoms with Gasteiger partial charge in [0.05, 0.1) is 13.2 Å². The Kier molecular flexibility index (Phi) is 7.70. The summed E-state index contributed by atoms with van der Waals surface area (Å²) >= 11 is 0. The molecule has 0 saturated carbocycles. The second-order valence-electron chi connectivity index (χ2n) is 5.20. The van der Waals surface area contributed by atoms with Gasteiger partial charge in [0.1, 0.15) is 12.4 Å². The molecule has 3 N–H and O–H groups in total. The molecule has 0 heterocycles. The Morgan fingerprint density at radius 3 is 2.50 bits per heavy atom. The third-order valence-corrected chi connectivity index (χ3v) is 3.19. The van der Waals surface area contributed by atoms with Gasteiger partial charge in [-0.1, -0.05) is 42.5 Å². The fraction of sp³-hybridized carbons (Fsp3) is 0.158. The normalized spacial score (nSPS) is 10.5.